The summed E-state index contributed by atoms with van der Waals surface area (Å²) in [7, 11) is 0. The molecule has 3 aliphatic heterocycles. The first kappa shape index (κ1) is 21.0. The highest BCUT2D eigenvalue weighted by molar-refractivity contribution is 6.35. The van der Waals surface area contributed by atoms with E-state index in [1.165, 1.54) is 17.0 Å². The maximum Gasteiger partial charge on any atom is 0.277 e. The summed E-state index contributed by atoms with van der Waals surface area (Å²) in [6, 6.07) is 5.88. The minimum atomic E-state index is -0.359. The van der Waals surface area contributed by atoms with Crippen LogP contribution < -0.4 is 0 Å². The molecule has 2 atom stereocenters. The Morgan fingerprint density at radius 1 is 0.967 bits per heavy atom. The Morgan fingerprint density at radius 2 is 1.60 bits per heavy atom. The molecular formula is C23H30FN3O3. The smallest absolute Gasteiger partial charge is 0.277 e. The van der Waals surface area contributed by atoms with Crippen LogP contribution in [0.2, 0.25) is 0 Å². The Kier molecular flexibility index (Phi) is 6.20. The van der Waals surface area contributed by atoms with Gasteiger partial charge in [0.15, 0.2) is 0 Å². The molecule has 0 bridgehead atoms. The Morgan fingerprint density at radius 3 is 2.23 bits per heavy atom. The summed E-state index contributed by atoms with van der Waals surface area (Å²) in [5, 5.41) is 0. The first-order valence-corrected chi connectivity index (χ1v) is 10.9. The zero-order valence-corrected chi connectivity index (χ0v) is 17.8. The van der Waals surface area contributed by atoms with Gasteiger partial charge < -0.3 is 9.64 Å². The first-order valence-electron chi connectivity index (χ1n) is 10.9. The maximum absolute atomic E-state index is 13.5. The standard InChI is InChI=1S/C23H30FN3O3/c1-16-13-17(2)15-26(14-16)21-20(18-3-5-19(24)6-4-18)22(28)27(23(21)29)8-7-25-9-11-30-12-10-25/h3-6,16-17H,7-15H2,1-2H3. The van der Waals surface area contributed by atoms with E-state index in [0.29, 0.717) is 55.0 Å². The molecule has 0 aliphatic carbocycles. The first-order chi connectivity index (χ1) is 14.4. The summed E-state index contributed by atoms with van der Waals surface area (Å²) in [6.45, 7) is 9.82. The van der Waals surface area contributed by atoms with Crippen molar-refractivity contribution in [1.82, 2.24) is 14.7 Å². The van der Waals surface area contributed by atoms with Crippen LogP contribution in [0.4, 0.5) is 4.39 Å². The number of likely N-dealkylation sites (tertiary alicyclic amines) is 1. The van der Waals surface area contributed by atoms with Gasteiger partial charge in [-0.15, -0.1) is 0 Å². The highest BCUT2D eigenvalue weighted by Crippen LogP contribution is 2.35. The van der Waals surface area contributed by atoms with Crippen molar-refractivity contribution >= 4 is 17.4 Å². The summed E-state index contributed by atoms with van der Waals surface area (Å²) in [5.41, 5.74) is 1.49. The normalized spacial score (nSPS) is 26.1. The van der Waals surface area contributed by atoms with Crippen LogP contribution in [0.5, 0.6) is 0 Å². The number of imide groups is 1. The molecule has 2 saturated heterocycles. The highest BCUT2D eigenvalue weighted by Gasteiger charge is 2.42. The van der Waals surface area contributed by atoms with Crippen LogP contribution >= 0.6 is 0 Å². The summed E-state index contributed by atoms with van der Waals surface area (Å²) in [6.07, 6.45) is 1.11. The molecule has 0 radical (unpaired) electrons. The number of hydrogen-bond acceptors (Lipinski definition) is 5. The molecule has 4 rings (SSSR count). The van der Waals surface area contributed by atoms with Gasteiger partial charge in [0.05, 0.1) is 18.8 Å². The lowest BCUT2D eigenvalue weighted by molar-refractivity contribution is -0.138. The quantitative estimate of drug-likeness (QED) is 0.691. The molecule has 162 valence electrons. The molecule has 1 aromatic carbocycles. The fraction of sp³-hybridized carbons (Fsp3) is 0.565. The molecule has 6 nitrogen and oxygen atoms in total. The maximum atomic E-state index is 13.5. The van der Waals surface area contributed by atoms with E-state index in [-0.39, 0.29) is 17.6 Å². The van der Waals surface area contributed by atoms with E-state index in [0.717, 1.165) is 32.6 Å². The van der Waals surface area contributed by atoms with E-state index in [4.69, 9.17) is 4.74 Å². The fourth-order valence-corrected chi connectivity index (χ4v) is 4.85. The number of morpholine rings is 1. The Bertz CT molecular complexity index is 823. The van der Waals surface area contributed by atoms with Crippen molar-refractivity contribution in [2.24, 2.45) is 11.8 Å². The lowest BCUT2D eigenvalue weighted by Gasteiger charge is -2.37. The second kappa shape index (κ2) is 8.86. The molecule has 2 fully saturated rings. The highest BCUT2D eigenvalue weighted by atomic mass is 19.1. The van der Waals surface area contributed by atoms with E-state index < -0.39 is 0 Å². The summed E-state index contributed by atoms with van der Waals surface area (Å²) in [5.74, 6) is 0.0266. The van der Waals surface area contributed by atoms with Gasteiger partial charge in [-0.05, 0) is 36.0 Å². The third-order valence-electron chi connectivity index (χ3n) is 6.21. The van der Waals surface area contributed by atoms with Gasteiger partial charge in [-0.2, -0.15) is 0 Å². The van der Waals surface area contributed by atoms with Crippen LogP contribution in [0.15, 0.2) is 30.0 Å². The molecule has 1 aromatic rings. The second-order valence-electron chi connectivity index (χ2n) is 8.80. The lowest BCUT2D eigenvalue weighted by Crippen LogP contribution is -2.45. The molecule has 7 heteroatoms. The van der Waals surface area contributed by atoms with Crippen LogP contribution in [0, 0.1) is 17.7 Å². The number of nitrogens with zero attached hydrogens (tertiary/aromatic N) is 3. The number of hydrogen-bond donors (Lipinski definition) is 0. The van der Waals surface area contributed by atoms with E-state index in [1.807, 2.05) is 0 Å². The van der Waals surface area contributed by atoms with E-state index in [9.17, 15) is 14.0 Å². The molecule has 3 heterocycles. The van der Waals surface area contributed by atoms with Crippen molar-refractivity contribution in [1.29, 1.82) is 0 Å². The Hall–Kier alpha value is -2.25. The van der Waals surface area contributed by atoms with Gasteiger partial charge in [0, 0.05) is 39.3 Å². The summed E-state index contributed by atoms with van der Waals surface area (Å²) >= 11 is 0. The molecular weight excluding hydrogens is 385 g/mol. The van der Waals surface area contributed by atoms with Gasteiger partial charge in [-0.25, -0.2) is 4.39 Å². The number of carbonyl (C=O) groups excluding carboxylic acids is 2. The molecule has 30 heavy (non-hydrogen) atoms. The second-order valence-corrected chi connectivity index (χ2v) is 8.80. The number of ether oxygens (including phenoxy) is 1. The summed E-state index contributed by atoms with van der Waals surface area (Å²) < 4.78 is 18.9. The van der Waals surface area contributed by atoms with Crippen LogP contribution in [-0.4, -0.2) is 79.0 Å². The van der Waals surface area contributed by atoms with Gasteiger partial charge in [0.2, 0.25) is 0 Å². The van der Waals surface area contributed by atoms with E-state index in [1.54, 1.807) is 12.1 Å². The molecule has 0 saturated carbocycles. The third-order valence-corrected chi connectivity index (χ3v) is 6.21. The van der Waals surface area contributed by atoms with Gasteiger partial charge in [-0.3, -0.25) is 19.4 Å². The SMILES string of the molecule is CC1CC(C)CN(C2=C(c3ccc(F)cc3)C(=O)N(CCN3CCOCC3)C2=O)C1. The van der Waals surface area contributed by atoms with Crippen molar-refractivity contribution in [3.63, 3.8) is 0 Å². The number of benzene rings is 1. The third kappa shape index (κ3) is 4.27. The van der Waals surface area contributed by atoms with Crippen molar-refractivity contribution < 1.29 is 18.7 Å². The topological polar surface area (TPSA) is 53.1 Å². The monoisotopic (exact) mass is 415 g/mol. The van der Waals surface area contributed by atoms with Crippen LogP contribution in [0.1, 0.15) is 25.8 Å². The van der Waals surface area contributed by atoms with Crippen LogP contribution in [-0.2, 0) is 14.3 Å². The molecule has 2 amide bonds. The average Bonchev–Trinajstić information content (AvgIpc) is 2.97. The molecule has 0 aromatic heterocycles. The molecule has 0 N–H and O–H groups in total. The van der Waals surface area contributed by atoms with Crippen LogP contribution in [0.3, 0.4) is 0 Å². The Labute approximate surface area is 177 Å². The Balaban J connectivity index is 1.63. The number of piperidine rings is 1. The molecule has 3 aliphatic rings. The van der Waals surface area contributed by atoms with Crippen molar-refractivity contribution in [3.05, 3.63) is 41.3 Å². The minimum Gasteiger partial charge on any atom is -0.379 e. The van der Waals surface area contributed by atoms with Crippen molar-refractivity contribution in [2.75, 3.05) is 52.5 Å². The largest absolute Gasteiger partial charge is 0.379 e. The van der Waals surface area contributed by atoms with E-state index >= 15 is 0 Å². The number of amides is 2. The predicted molar refractivity (Wildman–Crippen MR) is 112 cm³/mol. The lowest BCUT2D eigenvalue weighted by atomic mass is 9.91. The van der Waals surface area contributed by atoms with E-state index in [2.05, 4.69) is 23.6 Å². The van der Waals surface area contributed by atoms with Gasteiger partial charge in [0.1, 0.15) is 11.5 Å². The summed E-state index contributed by atoms with van der Waals surface area (Å²) in [4.78, 5) is 32.5. The zero-order valence-electron chi connectivity index (χ0n) is 17.8. The minimum absolute atomic E-state index is 0.228. The number of halogens is 1. The van der Waals surface area contributed by atoms with Gasteiger partial charge in [-0.1, -0.05) is 26.0 Å². The molecule has 0 spiro atoms. The number of carbonyl (C=O) groups is 2. The fourth-order valence-electron chi connectivity index (χ4n) is 4.85. The predicted octanol–water partition coefficient (Wildman–Crippen LogP) is 2.22. The zero-order chi connectivity index (χ0) is 21.3. The van der Waals surface area contributed by atoms with Gasteiger partial charge in [0.25, 0.3) is 11.8 Å². The molecule has 2 unspecified atom stereocenters. The van der Waals surface area contributed by atoms with Gasteiger partial charge >= 0.3 is 0 Å². The number of rotatable bonds is 5. The van der Waals surface area contributed by atoms with Crippen molar-refractivity contribution in [3.8, 4) is 0 Å². The average molecular weight is 416 g/mol. The van der Waals surface area contributed by atoms with Crippen LogP contribution in [0.25, 0.3) is 5.57 Å². The van der Waals surface area contributed by atoms with Crippen molar-refractivity contribution in [2.45, 2.75) is 20.3 Å².